The van der Waals surface area contributed by atoms with Gasteiger partial charge in [-0.2, -0.15) is 0 Å². The van der Waals surface area contributed by atoms with Crippen LogP contribution in [0.2, 0.25) is 0 Å². The summed E-state index contributed by atoms with van der Waals surface area (Å²) in [5.74, 6) is 0.0657. The number of thiol groups is 3. The van der Waals surface area contributed by atoms with Crippen molar-refractivity contribution in [3.05, 3.63) is 48.4 Å². The molecule has 34 heavy (non-hydrogen) atoms. The summed E-state index contributed by atoms with van der Waals surface area (Å²) < 4.78 is 29.2. The number of halogens is 1. The van der Waals surface area contributed by atoms with Crippen LogP contribution in [0.4, 0.5) is 15.0 Å². The number of ether oxygens (including phenoxy) is 3. The van der Waals surface area contributed by atoms with E-state index in [9.17, 15) is 9.18 Å². The lowest BCUT2D eigenvalue weighted by Gasteiger charge is -2.33. The highest BCUT2D eigenvalue weighted by Crippen LogP contribution is 2.36. The number of nitrogens with zero attached hydrogens (tertiary/aromatic N) is 3. The molecule has 0 bridgehead atoms. The number of pyridine rings is 2. The van der Waals surface area contributed by atoms with Gasteiger partial charge in [-0.3, -0.25) is 0 Å². The fourth-order valence-electron chi connectivity index (χ4n) is 3.03. The number of aromatic nitrogens is 2. The highest BCUT2D eigenvalue weighted by molar-refractivity contribution is 8.17. The van der Waals surface area contributed by atoms with Gasteiger partial charge in [0, 0.05) is 30.3 Å². The summed E-state index contributed by atoms with van der Waals surface area (Å²) in [6.07, 6.45) is 0.772. The molecule has 11 heteroatoms. The Morgan fingerprint density at radius 1 is 1.09 bits per heavy atom. The van der Waals surface area contributed by atoms with Crippen LogP contribution in [0.1, 0.15) is 20.8 Å². The summed E-state index contributed by atoms with van der Waals surface area (Å²) in [5, 5.41) is 0.584. The Kier molecular flexibility index (Phi) is 8.22. The van der Waals surface area contributed by atoms with E-state index in [2.05, 4.69) is 47.9 Å². The third-order valence-electron chi connectivity index (χ3n) is 4.42. The summed E-state index contributed by atoms with van der Waals surface area (Å²) in [6.45, 7) is 5.93. The van der Waals surface area contributed by atoms with Gasteiger partial charge < -0.3 is 14.2 Å². The Labute approximate surface area is 214 Å². The Balaban J connectivity index is 1.97. The van der Waals surface area contributed by atoms with Crippen LogP contribution in [0.25, 0.3) is 22.2 Å². The van der Waals surface area contributed by atoms with Gasteiger partial charge in [-0.15, -0.1) is 37.9 Å². The SMILES string of the molecule is COCCOc1cc(F)c2nc(-c3ccnc(N(C(=O)OC(C)(C)C)C(S)(S)S)c3)ccc2c1. The molecule has 3 aromatic rings. The second-order valence-corrected chi connectivity index (χ2v) is 11.3. The first-order valence-electron chi connectivity index (χ1n) is 10.3. The van der Waals surface area contributed by atoms with Gasteiger partial charge in [0.05, 0.1) is 12.3 Å². The van der Waals surface area contributed by atoms with E-state index in [-0.39, 0.29) is 11.3 Å². The molecule has 3 rings (SSSR count). The van der Waals surface area contributed by atoms with E-state index in [0.29, 0.717) is 35.6 Å². The van der Waals surface area contributed by atoms with E-state index < -0.39 is 21.0 Å². The van der Waals surface area contributed by atoms with Crippen molar-refractivity contribution in [3.63, 3.8) is 0 Å². The Bertz CT molecular complexity index is 1180. The van der Waals surface area contributed by atoms with Crippen LogP contribution in [0.5, 0.6) is 5.75 Å². The first kappa shape index (κ1) is 26.4. The number of amides is 1. The van der Waals surface area contributed by atoms with Crippen molar-refractivity contribution in [1.29, 1.82) is 0 Å². The summed E-state index contributed by atoms with van der Waals surface area (Å²) >= 11 is 12.9. The van der Waals surface area contributed by atoms with Crippen LogP contribution in [-0.4, -0.2) is 45.5 Å². The van der Waals surface area contributed by atoms with Gasteiger partial charge in [-0.25, -0.2) is 24.1 Å². The Hall–Kier alpha value is -2.21. The number of anilines is 1. The monoisotopic (exact) mass is 523 g/mol. The molecule has 1 amide bonds. The quantitative estimate of drug-likeness (QED) is 0.213. The van der Waals surface area contributed by atoms with Crippen LogP contribution in [0.15, 0.2) is 42.6 Å². The molecule has 0 saturated heterocycles. The molecule has 0 aliphatic rings. The molecule has 7 nitrogen and oxygen atoms in total. The molecule has 0 aliphatic heterocycles. The first-order chi connectivity index (χ1) is 15.9. The van der Waals surface area contributed by atoms with E-state index in [1.54, 1.807) is 58.2 Å². The lowest BCUT2D eigenvalue weighted by molar-refractivity contribution is 0.0581. The Morgan fingerprint density at radius 2 is 1.82 bits per heavy atom. The van der Waals surface area contributed by atoms with Crippen molar-refractivity contribution in [2.24, 2.45) is 0 Å². The van der Waals surface area contributed by atoms with E-state index in [0.717, 1.165) is 4.90 Å². The van der Waals surface area contributed by atoms with E-state index in [1.807, 2.05) is 0 Å². The van der Waals surface area contributed by atoms with Crippen molar-refractivity contribution < 1.29 is 23.4 Å². The van der Waals surface area contributed by atoms with Crippen molar-refractivity contribution >= 4 is 60.7 Å². The van der Waals surface area contributed by atoms with E-state index >= 15 is 0 Å². The highest BCUT2D eigenvalue weighted by atomic mass is 32.2. The molecule has 2 aromatic heterocycles. The zero-order chi connectivity index (χ0) is 25.1. The molecule has 0 spiro atoms. The highest BCUT2D eigenvalue weighted by Gasteiger charge is 2.35. The van der Waals surface area contributed by atoms with Crippen LogP contribution in [0.3, 0.4) is 0 Å². The third-order valence-corrected chi connectivity index (χ3v) is 5.02. The average Bonchev–Trinajstić information content (AvgIpc) is 2.72. The second kappa shape index (κ2) is 10.6. The van der Waals surface area contributed by atoms with Crippen LogP contribution >= 0.6 is 37.9 Å². The van der Waals surface area contributed by atoms with Crippen LogP contribution in [-0.2, 0) is 9.47 Å². The first-order valence-corrected chi connectivity index (χ1v) is 11.6. The maximum Gasteiger partial charge on any atom is 0.418 e. The number of benzene rings is 1. The fraction of sp³-hybridized carbons (Fsp3) is 0.348. The van der Waals surface area contributed by atoms with Crippen molar-refractivity contribution in [1.82, 2.24) is 9.97 Å². The van der Waals surface area contributed by atoms with Gasteiger partial charge in [-0.1, -0.05) is 6.07 Å². The third kappa shape index (κ3) is 6.68. The predicted molar refractivity (Wildman–Crippen MR) is 141 cm³/mol. The summed E-state index contributed by atoms with van der Waals surface area (Å²) in [6, 6.07) is 9.79. The van der Waals surface area contributed by atoms with Crippen molar-refractivity contribution in [2.75, 3.05) is 25.2 Å². The molecule has 0 N–H and O–H groups in total. The molecule has 0 unspecified atom stereocenters. The number of carbonyl (C=O) groups is 1. The lowest BCUT2D eigenvalue weighted by atomic mass is 10.1. The lowest BCUT2D eigenvalue weighted by Crippen LogP contribution is -2.44. The van der Waals surface area contributed by atoms with Crippen molar-refractivity contribution in [2.45, 2.75) is 29.9 Å². The number of hydrogen-bond acceptors (Lipinski definition) is 9. The zero-order valence-electron chi connectivity index (χ0n) is 19.1. The largest absolute Gasteiger partial charge is 0.491 e. The standard InChI is InChI=1S/C23H26FN3O4S3/c1-22(2,3)31-21(28)27(23(32,33)34)19-12-14(7-8-25-19)18-6-5-15-11-16(30-10-9-29-4)13-17(24)20(15)26-18/h5-8,11-13,32-34H,9-10H2,1-4H3. The average molecular weight is 524 g/mol. The number of carbonyl (C=O) groups excluding carboxylic acids is 1. The minimum atomic E-state index is -1.50. The Morgan fingerprint density at radius 3 is 2.47 bits per heavy atom. The molecule has 0 aliphatic carbocycles. The van der Waals surface area contributed by atoms with Gasteiger partial charge in [0.25, 0.3) is 0 Å². The molecule has 0 fully saturated rings. The summed E-state index contributed by atoms with van der Waals surface area (Å²) in [4.78, 5) is 22.7. The molecule has 0 saturated carbocycles. The summed E-state index contributed by atoms with van der Waals surface area (Å²) in [7, 11) is 1.57. The summed E-state index contributed by atoms with van der Waals surface area (Å²) in [5.41, 5.74) is 0.512. The molecule has 1 aromatic carbocycles. The topological polar surface area (TPSA) is 73.8 Å². The maximum absolute atomic E-state index is 14.8. The number of fused-ring (bicyclic) bond motifs is 1. The minimum Gasteiger partial charge on any atom is -0.491 e. The fourth-order valence-corrected chi connectivity index (χ4v) is 3.58. The molecular formula is C23H26FN3O4S3. The van der Waals surface area contributed by atoms with Gasteiger partial charge in [-0.05, 0) is 45.0 Å². The second-order valence-electron chi connectivity index (χ2n) is 8.33. The molecular weight excluding hydrogens is 497 g/mol. The number of methoxy groups -OCH3 is 1. The normalized spacial score (nSPS) is 12.0. The molecule has 2 heterocycles. The smallest absolute Gasteiger partial charge is 0.418 e. The predicted octanol–water partition coefficient (Wildman–Crippen LogP) is 5.60. The van der Waals surface area contributed by atoms with E-state index in [1.165, 1.54) is 12.3 Å². The molecule has 0 atom stereocenters. The van der Waals surface area contributed by atoms with Gasteiger partial charge in [0.1, 0.15) is 29.3 Å². The number of hydrogen-bond donors (Lipinski definition) is 3. The molecule has 0 radical (unpaired) electrons. The van der Waals surface area contributed by atoms with Gasteiger partial charge in [0.2, 0.25) is 0 Å². The minimum absolute atomic E-state index is 0.186. The zero-order valence-corrected chi connectivity index (χ0v) is 21.8. The van der Waals surface area contributed by atoms with E-state index in [4.69, 9.17) is 14.2 Å². The van der Waals surface area contributed by atoms with Crippen molar-refractivity contribution in [3.8, 4) is 17.0 Å². The van der Waals surface area contributed by atoms with Crippen LogP contribution in [0, 0.1) is 5.82 Å². The van der Waals surface area contributed by atoms with Gasteiger partial charge in [0.15, 0.2) is 9.35 Å². The number of rotatable bonds is 7. The molecule has 182 valence electrons. The maximum atomic E-state index is 14.8. The van der Waals surface area contributed by atoms with Gasteiger partial charge >= 0.3 is 6.09 Å². The van der Waals surface area contributed by atoms with Crippen LogP contribution < -0.4 is 9.64 Å².